The molecule has 2 amide bonds. The Morgan fingerprint density at radius 1 is 1.32 bits per heavy atom. The zero-order valence-electron chi connectivity index (χ0n) is 17.3. The van der Waals surface area contributed by atoms with E-state index in [0.29, 0.717) is 29.5 Å². The number of aromatic nitrogens is 4. The third kappa shape index (κ3) is 4.25. The van der Waals surface area contributed by atoms with Gasteiger partial charge in [0, 0.05) is 37.2 Å². The molecule has 0 saturated heterocycles. The predicted octanol–water partition coefficient (Wildman–Crippen LogP) is 1.77. The quantitative estimate of drug-likeness (QED) is 0.470. The van der Waals surface area contributed by atoms with E-state index in [-0.39, 0.29) is 17.4 Å². The minimum atomic E-state index is -0.940. The average molecular weight is 422 g/mol. The Kier molecular flexibility index (Phi) is 4.93. The fraction of sp³-hybridized carbons (Fsp3) is 0.250. The Hall–Kier alpha value is -4.15. The van der Waals surface area contributed by atoms with E-state index >= 15 is 0 Å². The van der Waals surface area contributed by atoms with Crippen LogP contribution in [0.2, 0.25) is 0 Å². The highest BCUT2D eigenvalue weighted by Gasteiger charge is 2.35. The fourth-order valence-corrected chi connectivity index (χ4v) is 3.02. The molecule has 1 aliphatic heterocycles. The highest BCUT2D eigenvalue weighted by atomic mass is 16.5. The van der Waals surface area contributed by atoms with Crippen molar-refractivity contribution in [3.63, 3.8) is 0 Å². The van der Waals surface area contributed by atoms with Gasteiger partial charge in [0.15, 0.2) is 5.60 Å². The van der Waals surface area contributed by atoms with Gasteiger partial charge < -0.3 is 26.4 Å². The maximum absolute atomic E-state index is 12.1. The smallest absolute Gasteiger partial charge is 0.268 e. The summed E-state index contributed by atoms with van der Waals surface area (Å²) in [7, 11) is 1.82. The van der Waals surface area contributed by atoms with Gasteiger partial charge in [0.25, 0.3) is 11.8 Å². The molecule has 160 valence electrons. The van der Waals surface area contributed by atoms with Crippen LogP contribution in [0.1, 0.15) is 29.8 Å². The van der Waals surface area contributed by atoms with E-state index < -0.39 is 11.5 Å². The molecule has 11 heteroatoms. The summed E-state index contributed by atoms with van der Waals surface area (Å²) in [5.74, 6) is 0.240. The van der Waals surface area contributed by atoms with Gasteiger partial charge in [0.05, 0.1) is 17.4 Å². The minimum absolute atomic E-state index is 0.169. The molecule has 5 N–H and O–H groups in total. The monoisotopic (exact) mass is 422 g/mol. The summed E-state index contributed by atoms with van der Waals surface area (Å²) >= 11 is 0. The molecular weight excluding hydrogens is 400 g/mol. The van der Waals surface area contributed by atoms with Crippen LogP contribution in [0, 0.1) is 0 Å². The molecule has 3 heterocycles. The fourth-order valence-electron chi connectivity index (χ4n) is 3.02. The van der Waals surface area contributed by atoms with E-state index in [2.05, 4.69) is 31.0 Å². The first-order chi connectivity index (χ1) is 14.7. The summed E-state index contributed by atoms with van der Waals surface area (Å²) in [6.07, 6.45) is 4.92. The summed E-state index contributed by atoms with van der Waals surface area (Å²) in [6.45, 7) is 3.81. The zero-order chi connectivity index (χ0) is 22.2. The summed E-state index contributed by atoms with van der Waals surface area (Å²) in [5.41, 5.74) is 6.77. The van der Waals surface area contributed by atoms with Gasteiger partial charge in [-0.25, -0.2) is 4.98 Å². The van der Waals surface area contributed by atoms with E-state index in [0.717, 1.165) is 5.56 Å². The third-order valence-corrected chi connectivity index (χ3v) is 4.67. The summed E-state index contributed by atoms with van der Waals surface area (Å²) < 4.78 is 7.41. The number of carbonyl (C=O) groups is 2. The molecule has 0 aliphatic carbocycles. The molecule has 0 fully saturated rings. The van der Waals surface area contributed by atoms with Crippen LogP contribution in [0.4, 0.5) is 23.1 Å². The van der Waals surface area contributed by atoms with E-state index in [4.69, 9.17) is 10.5 Å². The first kappa shape index (κ1) is 20.1. The molecule has 2 aromatic heterocycles. The first-order valence-corrected chi connectivity index (χ1v) is 9.51. The van der Waals surface area contributed by atoms with Gasteiger partial charge >= 0.3 is 0 Å². The van der Waals surface area contributed by atoms with Crippen molar-refractivity contribution in [2.24, 2.45) is 12.8 Å². The number of amides is 2. The standard InChI is InChI=1S/C20H22N8O3/c1-20(2)18(30)26-14-6-12(4-5-15(14)31-20)25-19-23-9-13(16(21)29)17(27-19)22-7-11-8-24-28(3)10-11/h4-6,8-10H,7H2,1-3H3,(H2,21,29)(H,26,30)(H2,22,23,25,27). The van der Waals surface area contributed by atoms with Crippen LogP contribution in [-0.2, 0) is 18.4 Å². The second-order valence-corrected chi connectivity index (χ2v) is 7.60. The molecule has 1 aromatic carbocycles. The number of primary amides is 1. The first-order valence-electron chi connectivity index (χ1n) is 9.51. The molecule has 0 bridgehead atoms. The van der Waals surface area contributed by atoms with Crippen LogP contribution in [0.15, 0.2) is 36.8 Å². The molecule has 1 aliphatic rings. The van der Waals surface area contributed by atoms with E-state index in [1.165, 1.54) is 6.20 Å². The van der Waals surface area contributed by atoms with Crippen LogP contribution >= 0.6 is 0 Å². The maximum Gasteiger partial charge on any atom is 0.268 e. The minimum Gasteiger partial charge on any atom is -0.476 e. The Morgan fingerprint density at radius 3 is 2.84 bits per heavy atom. The molecule has 0 unspecified atom stereocenters. The molecule has 3 aromatic rings. The zero-order valence-corrected chi connectivity index (χ0v) is 17.3. The van der Waals surface area contributed by atoms with Crippen LogP contribution in [0.3, 0.4) is 0 Å². The van der Waals surface area contributed by atoms with Gasteiger partial charge in [0.1, 0.15) is 11.6 Å². The number of nitrogens with zero attached hydrogens (tertiary/aromatic N) is 4. The Balaban J connectivity index is 1.55. The van der Waals surface area contributed by atoms with Crippen LogP contribution in [0.25, 0.3) is 0 Å². The number of benzene rings is 1. The van der Waals surface area contributed by atoms with Gasteiger partial charge in [0.2, 0.25) is 5.95 Å². The van der Waals surface area contributed by atoms with Gasteiger partial charge in [-0.05, 0) is 32.0 Å². The second kappa shape index (κ2) is 7.59. The number of hydrogen-bond donors (Lipinski definition) is 4. The summed E-state index contributed by atoms with van der Waals surface area (Å²) in [5, 5.41) is 13.1. The summed E-state index contributed by atoms with van der Waals surface area (Å²) in [6, 6.07) is 5.25. The lowest BCUT2D eigenvalue weighted by molar-refractivity contribution is -0.129. The van der Waals surface area contributed by atoms with Crippen LogP contribution < -0.4 is 26.4 Å². The van der Waals surface area contributed by atoms with Gasteiger partial charge in [-0.15, -0.1) is 0 Å². The number of ether oxygens (including phenoxy) is 1. The number of rotatable bonds is 6. The van der Waals surface area contributed by atoms with Gasteiger partial charge in [-0.1, -0.05) is 0 Å². The predicted molar refractivity (Wildman–Crippen MR) is 114 cm³/mol. The molecule has 0 spiro atoms. The lowest BCUT2D eigenvalue weighted by Crippen LogP contribution is -2.45. The highest BCUT2D eigenvalue weighted by molar-refractivity contribution is 6.00. The van der Waals surface area contributed by atoms with Crippen molar-refractivity contribution in [3.05, 3.63) is 47.9 Å². The molecular formula is C20H22N8O3. The van der Waals surface area contributed by atoms with Crippen molar-refractivity contribution in [1.82, 2.24) is 19.7 Å². The lowest BCUT2D eigenvalue weighted by atomic mass is 10.1. The van der Waals surface area contributed by atoms with Crippen molar-refractivity contribution >= 4 is 35.0 Å². The number of nitrogens with one attached hydrogen (secondary N) is 3. The Bertz CT molecular complexity index is 1170. The van der Waals surface area contributed by atoms with Crippen molar-refractivity contribution in [2.45, 2.75) is 26.0 Å². The van der Waals surface area contributed by atoms with Gasteiger partial charge in [-0.3, -0.25) is 14.3 Å². The van der Waals surface area contributed by atoms with Crippen molar-refractivity contribution < 1.29 is 14.3 Å². The van der Waals surface area contributed by atoms with E-state index in [1.54, 1.807) is 42.9 Å². The number of carbonyl (C=O) groups excluding carboxylic acids is 2. The van der Waals surface area contributed by atoms with Crippen molar-refractivity contribution in [1.29, 1.82) is 0 Å². The molecule has 4 rings (SSSR count). The number of nitrogens with two attached hydrogens (primary N) is 1. The van der Waals surface area contributed by atoms with E-state index in [9.17, 15) is 9.59 Å². The number of anilines is 4. The number of fused-ring (bicyclic) bond motifs is 1. The topological polar surface area (TPSA) is 149 Å². The second-order valence-electron chi connectivity index (χ2n) is 7.60. The summed E-state index contributed by atoms with van der Waals surface area (Å²) in [4.78, 5) is 32.5. The highest BCUT2D eigenvalue weighted by Crippen LogP contribution is 2.36. The number of hydrogen-bond acceptors (Lipinski definition) is 8. The van der Waals surface area contributed by atoms with Crippen molar-refractivity contribution in [3.8, 4) is 5.75 Å². The normalized spacial score (nSPS) is 14.2. The number of aryl methyl sites for hydroxylation is 1. The van der Waals surface area contributed by atoms with Gasteiger partial charge in [-0.2, -0.15) is 10.1 Å². The lowest BCUT2D eigenvalue weighted by Gasteiger charge is -2.31. The molecule has 0 radical (unpaired) electrons. The van der Waals surface area contributed by atoms with E-state index in [1.807, 2.05) is 13.2 Å². The third-order valence-electron chi connectivity index (χ3n) is 4.67. The average Bonchev–Trinajstić information content (AvgIpc) is 3.12. The molecule has 11 nitrogen and oxygen atoms in total. The molecule has 0 saturated carbocycles. The SMILES string of the molecule is Cn1cc(CNc2nc(Nc3ccc4c(c3)NC(=O)C(C)(C)O4)ncc2C(N)=O)cn1. The molecule has 31 heavy (non-hydrogen) atoms. The maximum atomic E-state index is 12.1. The largest absolute Gasteiger partial charge is 0.476 e. The van der Waals surface area contributed by atoms with Crippen LogP contribution in [0.5, 0.6) is 5.75 Å². The molecule has 0 atom stereocenters. The Morgan fingerprint density at radius 2 is 2.13 bits per heavy atom. The van der Waals surface area contributed by atoms with Crippen LogP contribution in [-0.4, -0.2) is 37.2 Å². The Labute approximate surface area is 178 Å². The van der Waals surface area contributed by atoms with Crippen molar-refractivity contribution in [2.75, 3.05) is 16.0 Å².